The summed E-state index contributed by atoms with van der Waals surface area (Å²) < 4.78 is 5.12. The second-order valence-electron chi connectivity index (χ2n) is 4.12. The van der Waals surface area contributed by atoms with Crippen LogP contribution >= 0.6 is 0 Å². The van der Waals surface area contributed by atoms with Crippen molar-refractivity contribution in [2.75, 3.05) is 20.2 Å². The second-order valence-corrected chi connectivity index (χ2v) is 4.12. The lowest BCUT2D eigenvalue weighted by Gasteiger charge is -2.07. The number of guanidine groups is 1. The Bertz CT molecular complexity index is 451. The Morgan fingerprint density at radius 3 is 2.78 bits per heavy atom. The van der Waals surface area contributed by atoms with Crippen molar-refractivity contribution in [3.05, 3.63) is 29.8 Å². The topological polar surface area (TPSA) is 59.6 Å². The number of benzene rings is 1. The number of methoxy groups -OCH3 is 1. The van der Waals surface area contributed by atoms with E-state index in [1.54, 1.807) is 7.11 Å². The van der Waals surface area contributed by atoms with Gasteiger partial charge in [-0.1, -0.05) is 0 Å². The van der Waals surface area contributed by atoms with E-state index in [1.807, 2.05) is 31.2 Å². The summed E-state index contributed by atoms with van der Waals surface area (Å²) in [6.07, 6.45) is 1.13. The molecule has 1 aliphatic heterocycles. The lowest BCUT2D eigenvalue weighted by atomic mass is 10.1. The van der Waals surface area contributed by atoms with Crippen molar-refractivity contribution in [2.45, 2.75) is 13.3 Å². The fourth-order valence-electron chi connectivity index (χ4n) is 1.69. The average Bonchev–Trinajstić information content (AvgIpc) is 2.46. The summed E-state index contributed by atoms with van der Waals surface area (Å²) in [6.45, 7) is 3.93. The molecule has 0 saturated carbocycles. The largest absolute Gasteiger partial charge is 0.497 e. The van der Waals surface area contributed by atoms with Crippen LogP contribution in [0, 0.1) is 0 Å². The molecule has 0 spiro atoms. The Hall–Kier alpha value is -2.04. The molecule has 0 bridgehead atoms. The fraction of sp³-hybridized carbons (Fsp3) is 0.385. The normalized spacial score (nSPS) is 15.7. The van der Waals surface area contributed by atoms with Crippen LogP contribution in [0.1, 0.15) is 18.9 Å². The van der Waals surface area contributed by atoms with Gasteiger partial charge in [0.2, 0.25) is 0 Å². The van der Waals surface area contributed by atoms with Gasteiger partial charge in [0.1, 0.15) is 5.75 Å². The molecule has 1 heterocycles. The number of ether oxygens (including phenoxy) is 1. The predicted octanol–water partition coefficient (Wildman–Crippen LogP) is -0.561. The molecule has 1 aromatic rings. The fourth-order valence-corrected chi connectivity index (χ4v) is 1.69. The first-order valence-electron chi connectivity index (χ1n) is 6.09. The third kappa shape index (κ3) is 3.23. The van der Waals surface area contributed by atoms with Crippen LogP contribution in [-0.4, -0.2) is 31.9 Å². The van der Waals surface area contributed by atoms with E-state index in [9.17, 15) is 0 Å². The molecule has 0 atom stereocenters. The van der Waals surface area contributed by atoms with Crippen LogP contribution in [0.4, 0.5) is 0 Å². The van der Waals surface area contributed by atoms with E-state index in [0.717, 1.165) is 42.5 Å². The van der Waals surface area contributed by atoms with Gasteiger partial charge in [0.05, 0.1) is 25.9 Å². The van der Waals surface area contributed by atoms with Crippen LogP contribution in [0.5, 0.6) is 5.75 Å². The standard InChI is InChI=1S/C13H18N4O/c1-10(11-4-6-12(18-2)7-5-11)16-17-13-14-8-3-9-15-13/h4-7H,3,8-9H2,1-2H3,(H2,14,15,17)/p+1/b16-10+. The van der Waals surface area contributed by atoms with Crippen molar-refractivity contribution in [1.82, 2.24) is 10.7 Å². The third-order valence-corrected chi connectivity index (χ3v) is 2.80. The van der Waals surface area contributed by atoms with Crippen molar-refractivity contribution in [3.8, 4) is 5.75 Å². The van der Waals surface area contributed by atoms with Crippen LogP contribution in [0.2, 0.25) is 0 Å². The quantitative estimate of drug-likeness (QED) is 0.496. The first kappa shape index (κ1) is 12.4. The van der Waals surface area contributed by atoms with E-state index in [4.69, 9.17) is 4.74 Å². The van der Waals surface area contributed by atoms with Crippen molar-refractivity contribution in [1.29, 1.82) is 0 Å². The Labute approximate surface area is 107 Å². The summed E-state index contributed by atoms with van der Waals surface area (Å²) in [5.41, 5.74) is 5.00. The van der Waals surface area contributed by atoms with E-state index in [2.05, 4.69) is 20.8 Å². The minimum absolute atomic E-state index is 0.851. The maximum Gasteiger partial charge on any atom is 0.367 e. The van der Waals surface area contributed by atoms with Gasteiger partial charge in [-0.3, -0.25) is 10.3 Å². The van der Waals surface area contributed by atoms with Crippen LogP contribution in [0.15, 0.2) is 29.4 Å². The molecule has 18 heavy (non-hydrogen) atoms. The molecule has 5 heteroatoms. The van der Waals surface area contributed by atoms with Crippen molar-refractivity contribution in [3.63, 3.8) is 0 Å². The number of nitrogens with one attached hydrogen (secondary N) is 3. The molecule has 2 rings (SSSR count). The highest BCUT2D eigenvalue weighted by atomic mass is 16.5. The molecule has 0 aromatic heterocycles. The maximum atomic E-state index is 5.12. The van der Waals surface area contributed by atoms with E-state index in [1.165, 1.54) is 0 Å². The zero-order chi connectivity index (χ0) is 12.8. The second kappa shape index (κ2) is 6.05. The minimum Gasteiger partial charge on any atom is -0.497 e. The van der Waals surface area contributed by atoms with E-state index in [-0.39, 0.29) is 0 Å². The third-order valence-electron chi connectivity index (χ3n) is 2.80. The van der Waals surface area contributed by atoms with Crippen molar-refractivity contribution >= 4 is 11.7 Å². The number of rotatable bonds is 3. The average molecular weight is 247 g/mol. The van der Waals surface area contributed by atoms with Crippen molar-refractivity contribution < 1.29 is 9.73 Å². The Morgan fingerprint density at radius 1 is 1.39 bits per heavy atom. The van der Waals surface area contributed by atoms with Crippen LogP contribution < -0.4 is 20.5 Å². The van der Waals surface area contributed by atoms with Gasteiger partial charge in [-0.2, -0.15) is 5.43 Å². The molecule has 0 aliphatic carbocycles. The molecule has 0 saturated heterocycles. The first-order valence-corrected chi connectivity index (χ1v) is 6.09. The zero-order valence-electron chi connectivity index (χ0n) is 10.8. The molecule has 5 nitrogen and oxygen atoms in total. The molecule has 0 fully saturated rings. The molecule has 0 radical (unpaired) electrons. The lowest BCUT2D eigenvalue weighted by Crippen LogP contribution is -2.81. The smallest absolute Gasteiger partial charge is 0.367 e. The van der Waals surface area contributed by atoms with Crippen LogP contribution in [0.3, 0.4) is 0 Å². The van der Waals surface area contributed by atoms with Crippen LogP contribution in [-0.2, 0) is 0 Å². The molecular formula is C13H19N4O+. The Kier molecular flexibility index (Phi) is 4.17. The van der Waals surface area contributed by atoms with Gasteiger partial charge in [0, 0.05) is 6.42 Å². The number of nitrogens with zero attached hydrogens (tertiary/aromatic N) is 1. The molecule has 0 amide bonds. The highest BCUT2D eigenvalue weighted by Crippen LogP contribution is 2.11. The molecule has 1 aromatic carbocycles. The highest BCUT2D eigenvalue weighted by Gasteiger charge is 2.09. The SMILES string of the molecule is COc1ccc(/C(C)=N/NC2=[NH+]CCCN2)cc1. The molecule has 1 aliphatic rings. The minimum atomic E-state index is 0.851. The van der Waals surface area contributed by atoms with Gasteiger partial charge >= 0.3 is 5.96 Å². The molecule has 96 valence electrons. The summed E-state index contributed by atoms with van der Waals surface area (Å²) >= 11 is 0. The van der Waals surface area contributed by atoms with Gasteiger partial charge in [-0.15, -0.1) is 5.10 Å². The molecule has 0 unspecified atom stereocenters. The van der Waals surface area contributed by atoms with Gasteiger partial charge < -0.3 is 4.74 Å². The first-order chi connectivity index (χ1) is 8.79. The maximum absolute atomic E-state index is 5.12. The van der Waals surface area contributed by atoms with E-state index < -0.39 is 0 Å². The van der Waals surface area contributed by atoms with E-state index in [0.29, 0.717) is 0 Å². The van der Waals surface area contributed by atoms with Crippen LogP contribution in [0.25, 0.3) is 0 Å². The van der Waals surface area contributed by atoms with E-state index >= 15 is 0 Å². The predicted molar refractivity (Wildman–Crippen MR) is 71.8 cm³/mol. The number of hydrazone groups is 1. The monoisotopic (exact) mass is 247 g/mol. The molecule has 3 N–H and O–H groups in total. The highest BCUT2D eigenvalue weighted by molar-refractivity contribution is 5.99. The summed E-state index contributed by atoms with van der Waals surface area (Å²) in [4.78, 5) is 3.21. The summed E-state index contributed by atoms with van der Waals surface area (Å²) in [5, 5.41) is 7.55. The summed E-state index contributed by atoms with van der Waals surface area (Å²) in [5.74, 6) is 1.72. The molecular weight excluding hydrogens is 228 g/mol. The van der Waals surface area contributed by atoms with Gasteiger partial charge in [0.15, 0.2) is 0 Å². The van der Waals surface area contributed by atoms with Gasteiger partial charge in [-0.25, -0.2) is 0 Å². The number of hydrogen-bond acceptors (Lipinski definition) is 4. The lowest BCUT2D eigenvalue weighted by molar-refractivity contribution is -0.466. The summed E-state index contributed by atoms with van der Waals surface area (Å²) in [7, 11) is 1.66. The Morgan fingerprint density at radius 2 is 2.17 bits per heavy atom. The van der Waals surface area contributed by atoms with Gasteiger partial charge in [0.25, 0.3) is 0 Å². The Balaban J connectivity index is 2.00. The number of hydrogen-bond donors (Lipinski definition) is 3. The van der Waals surface area contributed by atoms with Gasteiger partial charge in [-0.05, 0) is 36.8 Å². The summed E-state index contributed by atoms with van der Waals surface area (Å²) in [6, 6.07) is 7.84. The zero-order valence-corrected chi connectivity index (χ0v) is 10.8. The van der Waals surface area contributed by atoms with Crippen molar-refractivity contribution in [2.24, 2.45) is 5.10 Å².